The minimum Gasteiger partial charge on any atom is -0.311 e. The van der Waals surface area contributed by atoms with Crippen LogP contribution in [0.3, 0.4) is 0 Å². The molecule has 0 fully saturated rings. The van der Waals surface area contributed by atoms with E-state index in [9.17, 15) is 23.2 Å². The van der Waals surface area contributed by atoms with Gasteiger partial charge in [0, 0.05) is 21.5 Å². The van der Waals surface area contributed by atoms with Gasteiger partial charge in [-0.2, -0.15) is 23.5 Å². The zero-order valence-corrected chi connectivity index (χ0v) is 22.4. The van der Waals surface area contributed by atoms with E-state index >= 15 is 0 Å². The van der Waals surface area contributed by atoms with Crippen molar-refractivity contribution in [3.63, 3.8) is 0 Å². The van der Waals surface area contributed by atoms with Crippen LogP contribution in [0.4, 0.5) is 18.2 Å². The number of alkyl halides is 3. The van der Waals surface area contributed by atoms with Crippen LogP contribution in [0.15, 0.2) is 36.4 Å². The molecule has 1 unspecified atom stereocenters. The zero-order valence-electron chi connectivity index (χ0n) is 20.8. The van der Waals surface area contributed by atoms with Crippen LogP contribution < -0.4 is 5.32 Å². The summed E-state index contributed by atoms with van der Waals surface area (Å²) in [5.74, 6) is -0.261. The molecule has 3 aromatic heterocycles. The molecular formula is C27H23ClF3N5OS. The highest BCUT2D eigenvalue weighted by Gasteiger charge is 2.36. The Bertz CT molecular complexity index is 1590. The SMILES string of the molecule is CC(C)(C)C1CCc2c(sc(NC(=O)c3cc4nc(-c5ccc(Cl)cc5)cc(C(F)(F)F)n4n3)c2C#N)C1. The highest BCUT2D eigenvalue weighted by molar-refractivity contribution is 7.16. The Morgan fingerprint density at radius 2 is 1.92 bits per heavy atom. The molecule has 0 aliphatic heterocycles. The Balaban J connectivity index is 1.50. The van der Waals surface area contributed by atoms with Crippen LogP contribution in [-0.2, 0) is 19.0 Å². The number of halogens is 4. The average Bonchev–Trinajstić information content (AvgIpc) is 3.43. The van der Waals surface area contributed by atoms with Crippen molar-refractivity contribution < 1.29 is 18.0 Å². The van der Waals surface area contributed by atoms with Crippen molar-refractivity contribution in [1.29, 1.82) is 5.26 Å². The lowest BCUT2D eigenvalue weighted by Crippen LogP contribution is -2.26. The monoisotopic (exact) mass is 557 g/mol. The first-order valence-electron chi connectivity index (χ1n) is 11.9. The summed E-state index contributed by atoms with van der Waals surface area (Å²) in [6, 6.07) is 10.5. The van der Waals surface area contributed by atoms with Gasteiger partial charge in [0.1, 0.15) is 11.1 Å². The van der Waals surface area contributed by atoms with E-state index in [2.05, 4.69) is 42.2 Å². The third-order valence-corrected chi connectivity index (χ3v) is 8.34. The van der Waals surface area contributed by atoms with Crippen LogP contribution >= 0.6 is 22.9 Å². The number of fused-ring (bicyclic) bond motifs is 2. The second-order valence-electron chi connectivity index (χ2n) is 10.4. The van der Waals surface area contributed by atoms with Crippen molar-refractivity contribution in [2.45, 2.75) is 46.2 Å². The molecule has 4 aromatic rings. The Hall–Kier alpha value is -3.42. The molecular weight excluding hydrogens is 535 g/mol. The van der Waals surface area contributed by atoms with Gasteiger partial charge in [0.25, 0.3) is 5.91 Å². The van der Waals surface area contributed by atoms with Crippen LogP contribution in [0.2, 0.25) is 5.02 Å². The van der Waals surface area contributed by atoms with Crippen molar-refractivity contribution in [2.24, 2.45) is 11.3 Å². The van der Waals surface area contributed by atoms with Gasteiger partial charge < -0.3 is 5.32 Å². The molecule has 0 spiro atoms. The number of carbonyl (C=O) groups is 1. The summed E-state index contributed by atoms with van der Waals surface area (Å²) in [6.45, 7) is 6.57. The number of benzene rings is 1. The second-order valence-corrected chi connectivity index (χ2v) is 12.0. The average molecular weight is 558 g/mol. The number of nitriles is 1. The van der Waals surface area contributed by atoms with E-state index < -0.39 is 17.8 Å². The second kappa shape index (κ2) is 9.40. The van der Waals surface area contributed by atoms with Crippen LogP contribution in [0.1, 0.15) is 59.4 Å². The smallest absolute Gasteiger partial charge is 0.311 e. The van der Waals surface area contributed by atoms with Crippen molar-refractivity contribution in [3.05, 3.63) is 68.8 Å². The molecule has 5 rings (SSSR count). The first-order chi connectivity index (χ1) is 17.8. The summed E-state index contributed by atoms with van der Waals surface area (Å²) in [5, 5.41) is 17.3. The molecule has 11 heteroatoms. The van der Waals surface area contributed by atoms with Gasteiger partial charge in [-0.05, 0) is 54.4 Å². The largest absolute Gasteiger partial charge is 0.433 e. The molecule has 1 aromatic carbocycles. The summed E-state index contributed by atoms with van der Waals surface area (Å²) >= 11 is 7.26. The minimum absolute atomic E-state index is 0.0689. The molecule has 0 radical (unpaired) electrons. The summed E-state index contributed by atoms with van der Waals surface area (Å²) in [4.78, 5) is 18.5. The van der Waals surface area contributed by atoms with Gasteiger partial charge in [-0.15, -0.1) is 11.3 Å². The summed E-state index contributed by atoms with van der Waals surface area (Å²) in [5.41, 5.74) is 0.538. The number of nitrogens with one attached hydrogen (secondary N) is 1. The van der Waals surface area contributed by atoms with Crippen LogP contribution in [0.5, 0.6) is 0 Å². The third kappa shape index (κ3) is 4.88. The Labute approximate surface area is 226 Å². The number of amides is 1. The van der Waals surface area contributed by atoms with Crippen LogP contribution in [0.25, 0.3) is 16.9 Å². The molecule has 6 nitrogen and oxygen atoms in total. The van der Waals surface area contributed by atoms with Crippen molar-refractivity contribution in [1.82, 2.24) is 14.6 Å². The lowest BCUT2D eigenvalue weighted by molar-refractivity contribution is -0.142. The van der Waals surface area contributed by atoms with E-state index in [1.165, 1.54) is 17.4 Å². The predicted molar refractivity (Wildman–Crippen MR) is 140 cm³/mol. The standard InChI is InChI=1S/C27H23ClF3N5OS/c1-26(2,3)15-6-9-17-18(13-32)25(38-21(17)10-15)34-24(37)20-12-23-33-19(14-4-7-16(28)8-5-14)11-22(27(29,30)31)36(23)35-20/h4-5,7-8,11-12,15H,6,9-10H2,1-3H3,(H,34,37). The molecule has 0 saturated heterocycles. The van der Waals surface area contributed by atoms with Crippen molar-refractivity contribution in [3.8, 4) is 17.3 Å². The maximum absolute atomic E-state index is 13.9. The first kappa shape index (κ1) is 26.2. The number of rotatable bonds is 3. The fraction of sp³-hybridized carbons (Fsp3) is 0.333. The molecule has 1 N–H and O–H groups in total. The van der Waals surface area contributed by atoms with E-state index in [1.807, 2.05) is 0 Å². The molecule has 3 heterocycles. The van der Waals surface area contributed by atoms with Crippen molar-refractivity contribution >= 4 is 39.5 Å². The molecule has 38 heavy (non-hydrogen) atoms. The van der Waals surface area contributed by atoms with E-state index in [4.69, 9.17) is 11.6 Å². The van der Waals surface area contributed by atoms with E-state index in [0.29, 0.717) is 31.6 Å². The number of aromatic nitrogens is 3. The van der Waals surface area contributed by atoms with Gasteiger partial charge in [-0.25, -0.2) is 9.50 Å². The normalized spacial score (nSPS) is 15.8. The van der Waals surface area contributed by atoms with Gasteiger partial charge in [-0.1, -0.05) is 44.5 Å². The molecule has 0 bridgehead atoms. The Morgan fingerprint density at radius 3 is 2.55 bits per heavy atom. The van der Waals surface area contributed by atoms with Gasteiger partial charge >= 0.3 is 6.18 Å². The molecule has 0 saturated carbocycles. The number of hydrogen-bond acceptors (Lipinski definition) is 5. The number of hydrogen-bond donors (Lipinski definition) is 1. The van der Waals surface area contributed by atoms with Crippen LogP contribution in [0, 0.1) is 22.7 Å². The summed E-state index contributed by atoms with van der Waals surface area (Å²) in [7, 11) is 0. The van der Waals surface area contributed by atoms with Gasteiger partial charge in [0.05, 0.1) is 11.3 Å². The Morgan fingerprint density at radius 1 is 1.21 bits per heavy atom. The number of carbonyl (C=O) groups excluding carboxylic acids is 1. The van der Waals surface area contributed by atoms with E-state index in [1.54, 1.807) is 24.3 Å². The molecule has 1 amide bonds. The Kier molecular flexibility index (Phi) is 6.48. The number of anilines is 1. The maximum Gasteiger partial charge on any atom is 0.433 e. The van der Waals surface area contributed by atoms with Gasteiger partial charge in [-0.3, -0.25) is 4.79 Å². The highest BCUT2D eigenvalue weighted by Crippen LogP contribution is 2.44. The third-order valence-electron chi connectivity index (χ3n) is 6.92. The first-order valence-corrected chi connectivity index (χ1v) is 13.1. The number of nitrogens with zero attached hydrogens (tertiary/aromatic N) is 4. The number of thiophene rings is 1. The highest BCUT2D eigenvalue weighted by atomic mass is 35.5. The summed E-state index contributed by atoms with van der Waals surface area (Å²) in [6.07, 6.45) is -2.24. The fourth-order valence-corrected chi connectivity index (χ4v) is 6.15. The van der Waals surface area contributed by atoms with E-state index in [-0.39, 0.29) is 22.5 Å². The quantitative estimate of drug-likeness (QED) is 0.284. The van der Waals surface area contributed by atoms with Crippen molar-refractivity contribution in [2.75, 3.05) is 5.32 Å². The molecule has 1 atom stereocenters. The molecule has 196 valence electrons. The van der Waals surface area contributed by atoms with Gasteiger partial charge in [0.2, 0.25) is 0 Å². The van der Waals surface area contributed by atoms with Gasteiger partial charge in [0.15, 0.2) is 17.0 Å². The maximum atomic E-state index is 13.9. The predicted octanol–water partition coefficient (Wildman–Crippen LogP) is 7.40. The fourth-order valence-electron chi connectivity index (χ4n) is 4.75. The van der Waals surface area contributed by atoms with E-state index in [0.717, 1.165) is 35.8 Å². The van der Waals surface area contributed by atoms with Crippen LogP contribution in [-0.4, -0.2) is 20.5 Å². The molecule has 1 aliphatic rings. The molecule has 1 aliphatic carbocycles. The zero-order chi connectivity index (χ0) is 27.4. The lowest BCUT2D eigenvalue weighted by Gasteiger charge is -2.33. The minimum atomic E-state index is -4.74. The topological polar surface area (TPSA) is 83.1 Å². The summed E-state index contributed by atoms with van der Waals surface area (Å²) < 4.78 is 42.4. The lowest BCUT2D eigenvalue weighted by atomic mass is 9.72.